The molecule has 2 aromatic heterocycles. The molecule has 0 spiro atoms. The van der Waals surface area contributed by atoms with Gasteiger partial charge in [-0.3, -0.25) is 4.79 Å². The Hall–Kier alpha value is -3.59. The van der Waals surface area contributed by atoms with E-state index in [0.717, 1.165) is 28.2 Å². The number of esters is 1. The Labute approximate surface area is 176 Å². The molecule has 0 saturated carbocycles. The summed E-state index contributed by atoms with van der Waals surface area (Å²) in [5.74, 6) is -0.361. The first kappa shape index (κ1) is 19.7. The van der Waals surface area contributed by atoms with Crippen molar-refractivity contribution < 1.29 is 18.7 Å². The molecule has 0 aliphatic heterocycles. The second kappa shape index (κ2) is 8.83. The number of benzene rings is 2. The average Bonchev–Trinajstić information content (AvgIpc) is 3.39. The lowest BCUT2D eigenvalue weighted by molar-refractivity contribution is -0.113. The van der Waals surface area contributed by atoms with E-state index in [1.165, 1.54) is 0 Å². The van der Waals surface area contributed by atoms with Gasteiger partial charge in [-0.15, -0.1) is 10.2 Å². The standard InChI is InChI=1S/C21H18N4O4S/c1-2-28-20(27)14-8-4-6-10-17(14)23-18(26)12-30-21-25-24-19(29-21)15-11-22-16-9-5-3-7-13(15)16/h3-11,22H,2,12H2,1H3,(H,23,26). The fraction of sp³-hybridized carbons (Fsp3) is 0.143. The van der Waals surface area contributed by atoms with Crippen LogP contribution in [-0.4, -0.2) is 39.4 Å². The number of aromatic amines is 1. The maximum atomic E-state index is 12.3. The van der Waals surface area contributed by atoms with Gasteiger partial charge in [0.15, 0.2) is 0 Å². The Kier molecular flexibility index (Phi) is 5.80. The number of para-hydroxylation sites is 2. The molecule has 4 aromatic rings. The number of hydrogen-bond donors (Lipinski definition) is 2. The van der Waals surface area contributed by atoms with E-state index in [0.29, 0.717) is 17.1 Å². The molecular formula is C21H18N4O4S. The lowest BCUT2D eigenvalue weighted by Crippen LogP contribution is -2.17. The van der Waals surface area contributed by atoms with E-state index in [4.69, 9.17) is 9.15 Å². The zero-order chi connectivity index (χ0) is 20.9. The zero-order valence-electron chi connectivity index (χ0n) is 16.0. The van der Waals surface area contributed by atoms with Crippen LogP contribution in [0.15, 0.2) is 64.4 Å². The summed E-state index contributed by atoms with van der Waals surface area (Å²) in [6.07, 6.45) is 1.81. The highest BCUT2D eigenvalue weighted by Gasteiger charge is 2.16. The minimum Gasteiger partial charge on any atom is -0.462 e. The molecule has 2 aromatic carbocycles. The van der Waals surface area contributed by atoms with E-state index < -0.39 is 5.97 Å². The topological polar surface area (TPSA) is 110 Å². The Balaban J connectivity index is 1.40. The number of H-pyrrole nitrogens is 1. The molecule has 0 radical (unpaired) electrons. The van der Waals surface area contributed by atoms with Crippen molar-refractivity contribution in [1.82, 2.24) is 15.2 Å². The van der Waals surface area contributed by atoms with E-state index in [2.05, 4.69) is 20.5 Å². The van der Waals surface area contributed by atoms with Crippen molar-refractivity contribution in [2.75, 3.05) is 17.7 Å². The number of anilines is 1. The molecule has 0 aliphatic carbocycles. The van der Waals surface area contributed by atoms with Gasteiger partial charge in [-0.1, -0.05) is 42.1 Å². The molecular weight excluding hydrogens is 404 g/mol. The van der Waals surface area contributed by atoms with E-state index in [1.807, 2.05) is 30.5 Å². The number of nitrogens with zero attached hydrogens (tertiary/aromatic N) is 2. The summed E-state index contributed by atoms with van der Waals surface area (Å²) in [6, 6.07) is 14.5. The number of aromatic nitrogens is 3. The summed E-state index contributed by atoms with van der Waals surface area (Å²) >= 11 is 1.12. The van der Waals surface area contributed by atoms with Gasteiger partial charge in [-0.05, 0) is 25.1 Å². The number of rotatable bonds is 7. The SMILES string of the molecule is CCOC(=O)c1ccccc1NC(=O)CSc1nnc(-c2c[nH]c3ccccc23)o1. The molecule has 0 saturated heterocycles. The highest BCUT2D eigenvalue weighted by Crippen LogP contribution is 2.29. The van der Waals surface area contributed by atoms with Crippen LogP contribution in [0.1, 0.15) is 17.3 Å². The van der Waals surface area contributed by atoms with Crippen molar-refractivity contribution in [2.24, 2.45) is 0 Å². The van der Waals surface area contributed by atoms with Crippen LogP contribution in [0.5, 0.6) is 0 Å². The van der Waals surface area contributed by atoms with Crippen molar-refractivity contribution >= 4 is 40.2 Å². The highest BCUT2D eigenvalue weighted by atomic mass is 32.2. The molecule has 9 heteroatoms. The van der Waals surface area contributed by atoms with Crippen LogP contribution in [0, 0.1) is 0 Å². The molecule has 2 heterocycles. The fourth-order valence-corrected chi connectivity index (χ4v) is 3.48. The third-order valence-corrected chi connectivity index (χ3v) is 5.07. The number of ether oxygens (including phenoxy) is 1. The van der Waals surface area contributed by atoms with Gasteiger partial charge in [0.25, 0.3) is 11.1 Å². The molecule has 2 N–H and O–H groups in total. The number of hydrogen-bond acceptors (Lipinski definition) is 7. The Morgan fingerprint density at radius 3 is 2.80 bits per heavy atom. The quantitative estimate of drug-likeness (QED) is 0.340. The lowest BCUT2D eigenvalue weighted by atomic mass is 10.2. The second-order valence-electron chi connectivity index (χ2n) is 6.22. The first-order valence-corrected chi connectivity index (χ1v) is 10.2. The maximum Gasteiger partial charge on any atom is 0.340 e. The number of amides is 1. The minimum absolute atomic E-state index is 0.0483. The number of nitrogens with one attached hydrogen (secondary N) is 2. The number of carbonyl (C=O) groups is 2. The van der Waals surface area contributed by atoms with Crippen molar-refractivity contribution in [1.29, 1.82) is 0 Å². The van der Waals surface area contributed by atoms with E-state index >= 15 is 0 Å². The molecule has 1 amide bonds. The molecule has 4 rings (SSSR count). The Morgan fingerprint density at radius 1 is 1.13 bits per heavy atom. The van der Waals surface area contributed by atoms with Gasteiger partial charge in [-0.2, -0.15) is 0 Å². The van der Waals surface area contributed by atoms with Crippen LogP contribution < -0.4 is 5.32 Å². The summed E-state index contributed by atoms with van der Waals surface area (Å²) in [7, 11) is 0. The second-order valence-corrected chi connectivity index (χ2v) is 7.15. The fourth-order valence-electron chi connectivity index (χ4n) is 2.92. The van der Waals surface area contributed by atoms with Gasteiger partial charge >= 0.3 is 5.97 Å². The molecule has 0 aliphatic rings. The van der Waals surface area contributed by atoms with Gasteiger partial charge in [0.2, 0.25) is 5.91 Å². The predicted octanol–water partition coefficient (Wildman–Crippen LogP) is 4.13. The normalized spacial score (nSPS) is 10.8. The minimum atomic E-state index is -0.485. The smallest absolute Gasteiger partial charge is 0.340 e. The summed E-state index contributed by atoms with van der Waals surface area (Å²) in [5.41, 5.74) is 2.47. The third-order valence-electron chi connectivity index (χ3n) is 4.25. The first-order chi connectivity index (χ1) is 14.7. The van der Waals surface area contributed by atoms with Crippen LogP contribution in [0.4, 0.5) is 5.69 Å². The highest BCUT2D eigenvalue weighted by molar-refractivity contribution is 7.99. The van der Waals surface area contributed by atoms with Crippen LogP contribution in [0.25, 0.3) is 22.4 Å². The first-order valence-electron chi connectivity index (χ1n) is 9.24. The van der Waals surface area contributed by atoms with E-state index in [-0.39, 0.29) is 23.5 Å². The molecule has 8 nitrogen and oxygen atoms in total. The zero-order valence-corrected chi connectivity index (χ0v) is 16.9. The Morgan fingerprint density at radius 2 is 1.93 bits per heavy atom. The summed E-state index contributed by atoms with van der Waals surface area (Å²) in [5, 5.41) is 12.1. The van der Waals surface area contributed by atoms with E-state index in [9.17, 15) is 9.59 Å². The molecule has 152 valence electrons. The molecule has 0 bridgehead atoms. The average molecular weight is 422 g/mol. The molecule has 0 unspecified atom stereocenters. The van der Waals surface area contributed by atoms with Crippen LogP contribution in [0.2, 0.25) is 0 Å². The lowest BCUT2D eigenvalue weighted by Gasteiger charge is -2.09. The predicted molar refractivity (Wildman–Crippen MR) is 113 cm³/mol. The number of thioether (sulfide) groups is 1. The number of carbonyl (C=O) groups excluding carboxylic acids is 2. The van der Waals surface area contributed by atoms with Gasteiger partial charge in [0.1, 0.15) is 0 Å². The summed E-state index contributed by atoms with van der Waals surface area (Å²) in [6.45, 7) is 1.98. The molecule has 0 atom stereocenters. The monoisotopic (exact) mass is 422 g/mol. The molecule has 30 heavy (non-hydrogen) atoms. The number of fused-ring (bicyclic) bond motifs is 1. The van der Waals surface area contributed by atoms with Crippen LogP contribution >= 0.6 is 11.8 Å². The van der Waals surface area contributed by atoms with Crippen molar-refractivity contribution in [3.8, 4) is 11.5 Å². The van der Waals surface area contributed by atoms with Gasteiger partial charge in [0, 0.05) is 17.1 Å². The maximum absolute atomic E-state index is 12.3. The largest absolute Gasteiger partial charge is 0.462 e. The third kappa shape index (κ3) is 4.20. The van der Waals surface area contributed by atoms with E-state index in [1.54, 1.807) is 31.2 Å². The van der Waals surface area contributed by atoms with Crippen molar-refractivity contribution in [2.45, 2.75) is 12.1 Å². The summed E-state index contributed by atoms with van der Waals surface area (Å²) < 4.78 is 10.7. The molecule has 0 fully saturated rings. The van der Waals surface area contributed by atoms with Crippen molar-refractivity contribution in [3.63, 3.8) is 0 Å². The van der Waals surface area contributed by atoms with Crippen molar-refractivity contribution in [3.05, 3.63) is 60.3 Å². The van der Waals surface area contributed by atoms with Crippen LogP contribution in [0.3, 0.4) is 0 Å². The Bertz CT molecular complexity index is 1200. The van der Waals surface area contributed by atoms with Gasteiger partial charge in [-0.25, -0.2) is 4.79 Å². The van der Waals surface area contributed by atoms with Gasteiger partial charge in [0.05, 0.1) is 29.2 Å². The summed E-state index contributed by atoms with van der Waals surface area (Å²) in [4.78, 5) is 27.5. The van der Waals surface area contributed by atoms with Crippen LogP contribution in [-0.2, 0) is 9.53 Å². The van der Waals surface area contributed by atoms with Gasteiger partial charge < -0.3 is 19.5 Å².